The maximum absolute atomic E-state index is 6.21. The van der Waals surface area contributed by atoms with E-state index in [2.05, 4.69) is 15.3 Å². The van der Waals surface area contributed by atoms with Crippen LogP contribution in [0, 0.1) is 6.92 Å². The molecule has 0 spiro atoms. The van der Waals surface area contributed by atoms with Crippen LogP contribution in [0.3, 0.4) is 0 Å². The van der Waals surface area contributed by atoms with Crippen LogP contribution in [0.15, 0.2) is 33.9 Å². The highest BCUT2D eigenvalue weighted by Gasteiger charge is 2.10. The van der Waals surface area contributed by atoms with Crippen LogP contribution in [0.5, 0.6) is 0 Å². The fraction of sp³-hybridized carbons (Fsp3) is 0.143. The molecule has 1 aromatic carbocycles. The van der Waals surface area contributed by atoms with Crippen molar-refractivity contribution in [1.29, 1.82) is 0 Å². The van der Waals surface area contributed by atoms with Gasteiger partial charge in [-0.1, -0.05) is 41.1 Å². The number of nitrogen functional groups attached to an aromatic ring is 1. The summed E-state index contributed by atoms with van der Waals surface area (Å²) in [5, 5.41) is 4.38. The molecule has 0 amide bonds. The maximum Gasteiger partial charge on any atom is 0.181 e. The van der Waals surface area contributed by atoms with E-state index < -0.39 is 0 Å². The third kappa shape index (κ3) is 3.40. The Hall–Kier alpha value is -1.08. The monoisotopic (exact) mass is 353 g/mol. The van der Waals surface area contributed by atoms with Crippen LogP contribution in [-0.4, -0.2) is 9.97 Å². The standard InChI is InChI=1S/C14H12ClN3S3/c1-8-13(21-14(16)17-8)20-7-9-6-19-12(18-9)10-4-2-3-5-11(10)15/h2-6H,7H2,1H3,(H2,16,17). The predicted octanol–water partition coefficient (Wildman–Crippen LogP) is 5.10. The molecule has 7 heteroatoms. The Morgan fingerprint density at radius 3 is 2.81 bits per heavy atom. The van der Waals surface area contributed by atoms with Gasteiger partial charge in [0, 0.05) is 16.7 Å². The Morgan fingerprint density at radius 2 is 2.10 bits per heavy atom. The Kier molecular flexibility index (Phi) is 4.49. The van der Waals surface area contributed by atoms with Gasteiger partial charge in [-0.15, -0.1) is 23.1 Å². The van der Waals surface area contributed by atoms with E-state index >= 15 is 0 Å². The topological polar surface area (TPSA) is 51.8 Å². The first kappa shape index (κ1) is 14.8. The number of anilines is 1. The lowest BCUT2D eigenvalue weighted by Crippen LogP contribution is -1.83. The molecule has 0 saturated carbocycles. The van der Waals surface area contributed by atoms with E-state index in [1.54, 1.807) is 23.1 Å². The lowest BCUT2D eigenvalue weighted by molar-refractivity contribution is 1.20. The zero-order valence-electron chi connectivity index (χ0n) is 11.2. The van der Waals surface area contributed by atoms with E-state index in [1.165, 1.54) is 11.3 Å². The SMILES string of the molecule is Cc1nc(N)sc1SCc1csc(-c2ccccc2Cl)n1. The van der Waals surface area contributed by atoms with E-state index in [9.17, 15) is 0 Å². The van der Waals surface area contributed by atoms with Gasteiger partial charge in [-0.2, -0.15) is 0 Å². The number of hydrogen-bond acceptors (Lipinski definition) is 6. The summed E-state index contributed by atoms with van der Waals surface area (Å²) in [6.07, 6.45) is 0. The molecule has 108 valence electrons. The van der Waals surface area contributed by atoms with Gasteiger partial charge in [-0.25, -0.2) is 9.97 Å². The Labute approximate surface area is 140 Å². The van der Waals surface area contributed by atoms with Gasteiger partial charge in [0.1, 0.15) is 5.01 Å². The van der Waals surface area contributed by atoms with Crippen molar-refractivity contribution in [2.75, 3.05) is 5.73 Å². The molecule has 0 atom stereocenters. The smallest absolute Gasteiger partial charge is 0.181 e. The number of aryl methyl sites for hydroxylation is 1. The van der Waals surface area contributed by atoms with Gasteiger partial charge in [0.25, 0.3) is 0 Å². The molecule has 0 radical (unpaired) electrons. The van der Waals surface area contributed by atoms with Crippen molar-refractivity contribution in [3.8, 4) is 10.6 Å². The van der Waals surface area contributed by atoms with Crippen molar-refractivity contribution < 1.29 is 0 Å². The predicted molar refractivity (Wildman–Crippen MR) is 93.4 cm³/mol. The van der Waals surface area contributed by atoms with Crippen molar-refractivity contribution in [1.82, 2.24) is 9.97 Å². The third-order valence-electron chi connectivity index (χ3n) is 2.78. The minimum absolute atomic E-state index is 0.616. The molecule has 2 N–H and O–H groups in total. The average Bonchev–Trinajstić information content (AvgIpc) is 3.04. The fourth-order valence-electron chi connectivity index (χ4n) is 1.81. The van der Waals surface area contributed by atoms with Gasteiger partial charge in [0.05, 0.1) is 20.6 Å². The molecular formula is C14H12ClN3S3. The molecule has 3 nitrogen and oxygen atoms in total. The summed E-state index contributed by atoms with van der Waals surface area (Å²) in [6, 6.07) is 7.77. The number of aromatic nitrogens is 2. The van der Waals surface area contributed by atoms with Crippen LogP contribution < -0.4 is 5.73 Å². The molecule has 0 bridgehead atoms. The normalized spacial score (nSPS) is 11.0. The van der Waals surface area contributed by atoms with Crippen LogP contribution >= 0.6 is 46.0 Å². The minimum atomic E-state index is 0.616. The molecule has 0 aliphatic heterocycles. The summed E-state index contributed by atoms with van der Waals surface area (Å²) in [6.45, 7) is 1.98. The van der Waals surface area contributed by atoms with Gasteiger partial charge < -0.3 is 5.73 Å². The van der Waals surface area contributed by atoms with Crippen LogP contribution in [-0.2, 0) is 5.75 Å². The Morgan fingerprint density at radius 1 is 1.29 bits per heavy atom. The first-order chi connectivity index (χ1) is 10.1. The first-order valence-electron chi connectivity index (χ1n) is 6.18. The van der Waals surface area contributed by atoms with Crippen LogP contribution in [0.1, 0.15) is 11.4 Å². The average molecular weight is 354 g/mol. The summed E-state index contributed by atoms with van der Waals surface area (Å²) in [4.78, 5) is 8.89. The quantitative estimate of drug-likeness (QED) is 0.663. The largest absolute Gasteiger partial charge is 0.375 e. The summed E-state index contributed by atoms with van der Waals surface area (Å²) in [5.74, 6) is 0.809. The molecule has 3 rings (SSSR count). The molecule has 2 aromatic heterocycles. The van der Waals surface area contributed by atoms with Gasteiger partial charge in [0.15, 0.2) is 5.13 Å². The number of rotatable bonds is 4. The van der Waals surface area contributed by atoms with Crippen LogP contribution in [0.2, 0.25) is 5.02 Å². The highest BCUT2D eigenvalue weighted by atomic mass is 35.5. The van der Waals surface area contributed by atoms with Crippen molar-refractivity contribution in [3.63, 3.8) is 0 Å². The zero-order valence-corrected chi connectivity index (χ0v) is 14.4. The highest BCUT2D eigenvalue weighted by molar-refractivity contribution is 8.00. The third-order valence-corrected chi connectivity index (χ3v) is 6.41. The number of thioether (sulfide) groups is 1. The van der Waals surface area contributed by atoms with Crippen molar-refractivity contribution >= 4 is 51.2 Å². The molecule has 0 aliphatic carbocycles. The number of benzene rings is 1. The summed E-state index contributed by atoms with van der Waals surface area (Å²) < 4.78 is 1.15. The Bertz CT molecular complexity index is 766. The van der Waals surface area contributed by atoms with Gasteiger partial charge in [-0.3, -0.25) is 0 Å². The summed E-state index contributed by atoms with van der Waals surface area (Å²) >= 11 is 11.1. The number of hydrogen-bond donors (Lipinski definition) is 1. The lowest BCUT2D eigenvalue weighted by Gasteiger charge is -1.99. The number of nitrogens with two attached hydrogens (primary N) is 1. The summed E-state index contributed by atoms with van der Waals surface area (Å²) in [5.41, 5.74) is 8.73. The second-order valence-corrected chi connectivity index (χ2v) is 7.88. The van der Waals surface area contributed by atoms with E-state index in [4.69, 9.17) is 17.3 Å². The van der Waals surface area contributed by atoms with E-state index in [0.717, 1.165) is 36.9 Å². The second kappa shape index (κ2) is 6.36. The van der Waals surface area contributed by atoms with Gasteiger partial charge in [0.2, 0.25) is 0 Å². The molecule has 2 heterocycles. The van der Waals surface area contributed by atoms with E-state index in [0.29, 0.717) is 5.13 Å². The van der Waals surface area contributed by atoms with Crippen molar-refractivity contribution in [2.24, 2.45) is 0 Å². The summed E-state index contributed by atoms with van der Waals surface area (Å²) in [7, 11) is 0. The fourth-order valence-corrected chi connectivity index (χ4v) is 4.97. The second-order valence-electron chi connectivity index (χ2n) is 4.34. The number of nitrogens with zero attached hydrogens (tertiary/aromatic N) is 2. The molecule has 0 saturated heterocycles. The number of halogens is 1. The van der Waals surface area contributed by atoms with Crippen molar-refractivity contribution in [3.05, 3.63) is 46.1 Å². The van der Waals surface area contributed by atoms with Gasteiger partial charge >= 0.3 is 0 Å². The minimum Gasteiger partial charge on any atom is -0.375 e. The molecule has 3 aromatic rings. The number of thiazole rings is 2. The van der Waals surface area contributed by atoms with Crippen molar-refractivity contribution in [2.45, 2.75) is 16.9 Å². The van der Waals surface area contributed by atoms with E-state index in [1.807, 2.05) is 31.2 Å². The zero-order chi connectivity index (χ0) is 14.8. The van der Waals surface area contributed by atoms with Gasteiger partial charge in [-0.05, 0) is 13.0 Å². The molecule has 21 heavy (non-hydrogen) atoms. The highest BCUT2D eigenvalue weighted by Crippen LogP contribution is 2.35. The molecular weight excluding hydrogens is 342 g/mol. The maximum atomic E-state index is 6.21. The van der Waals surface area contributed by atoms with E-state index in [-0.39, 0.29) is 0 Å². The molecule has 0 unspecified atom stereocenters. The first-order valence-corrected chi connectivity index (χ1v) is 9.24. The Balaban J connectivity index is 1.74. The molecule has 0 aliphatic rings. The van der Waals surface area contributed by atoms with Crippen LogP contribution in [0.25, 0.3) is 10.6 Å². The molecule has 0 fully saturated rings. The van der Waals surface area contributed by atoms with Crippen LogP contribution in [0.4, 0.5) is 5.13 Å². The lowest BCUT2D eigenvalue weighted by atomic mass is 10.2.